The standard InChI is InChI=1S/C17H10ClF2NO3/c1-24-17(23)14-15(8-2-5-11(19)12(20)6-8)21-13-7-9(18)3-4-10(13)16(14)22/h2-7H,1H3,(H,21,22). The molecule has 3 rings (SSSR count). The lowest BCUT2D eigenvalue weighted by atomic mass is 10.0. The first kappa shape index (κ1) is 16.1. The van der Waals surface area contributed by atoms with Crippen molar-refractivity contribution in [3.05, 3.63) is 68.8 Å². The van der Waals surface area contributed by atoms with Crippen LogP contribution in [0.3, 0.4) is 0 Å². The van der Waals surface area contributed by atoms with Crippen LogP contribution in [-0.4, -0.2) is 18.1 Å². The Morgan fingerprint density at radius 3 is 2.54 bits per heavy atom. The van der Waals surface area contributed by atoms with Crippen LogP contribution in [0.5, 0.6) is 0 Å². The number of aromatic nitrogens is 1. The number of carbonyl (C=O) groups excluding carboxylic acids is 1. The molecule has 0 aliphatic rings. The highest BCUT2D eigenvalue weighted by Gasteiger charge is 2.21. The Balaban J connectivity index is 2.41. The molecule has 4 nitrogen and oxygen atoms in total. The van der Waals surface area contributed by atoms with Crippen molar-refractivity contribution in [2.75, 3.05) is 7.11 Å². The monoisotopic (exact) mass is 349 g/mol. The molecular formula is C17H10ClF2NO3. The van der Waals surface area contributed by atoms with Gasteiger partial charge in [-0.1, -0.05) is 11.6 Å². The Bertz CT molecular complexity index is 1030. The van der Waals surface area contributed by atoms with Crippen molar-refractivity contribution in [3.8, 4) is 11.3 Å². The summed E-state index contributed by atoms with van der Waals surface area (Å²) >= 11 is 5.92. The van der Waals surface area contributed by atoms with E-state index >= 15 is 0 Å². The van der Waals surface area contributed by atoms with Gasteiger partial charge in [-0.05, 0) is 36.4 Å². The highest BCUT2D eigenvalue weighted by Crippen LogP contribution is 2.26. The van der Waals surface area contributed by atoms with Gasteiger partial charge in [0, 0.05) is 16.0 Å². The summed E-state index contributed by atoms with van der Waals surface area (Å²) in [7, 11) is 1.13. The molecule has 24 heavy (non-hydrogen) atoms. The summed E-state index contributed by atoms with van der Waals surface area (Å²) in [6.45, 7) is 0. The number of methoxy groups -OCH3 is 1. The minimum absolute atomic E-state index is 0.0283. The molecule has 1 aromatic heterocycles. The molecular weight excluding hydrogens is 340 g/mol. The Kier molecular flexibility index (Phi) is 4.07. The summed E-state index contributed by atoms with van der Waals surface area (Å²) in [5, 5.41) is 0.603. The van der Waals surface area contributed by atoms with E-state index in [1.54, 1.807) is 0 Å². The molecule has 0 aliphatic carbocycles. The number of carbonyl (C=O) groups is 1. The van der Waals surface area contributed by atoms with Gasteiger partial charge >= 0.3 is 5.97 Å². The number of ether oxygens (including phenoxy) is 1. The third kappa shape index (κ3) is 2.65. The number of nitrogens with one attached hydrogen (secondary N) is 1. The second-order valence-electron chi connectivity index (χ2n) is 5.01. The lowest BCUT2D eigenvalue weighted by Gasteiger charge is -2.11. The van der Waals surface area contributed by atoms with Crippen molar-refractivity contribution in [3.63, 3.8) is 0 Å². The zero-order valence-corrected chi connectivity index (χ0v) is 13.1. The fraction of sp³-hybridized carbons (Fsp3) is 0.0588. The molecule has 0 amide bonds. The van der Waals surface area contributed by atoms with Crippen LogP contribution in [0.25, 0.3) is 22.2 Å². The van der Waals surface area contributed by atoms with Crippen molar-refractivity contribution in [1.82, 2.24) is 4.98 Å². The van der Waals surface area contributed by atoms with Gasteiger partial charge in [-0.25, -0.2) is 13.6 Å². The summed E-state index contributed by atoms with van der Waals surface area (Å²) in [5.41, 5.74) is -0.362. The normalized spacial score (nSPS) is 10.8. The van der Waals surface area contributed by atoms with Crippen LogP contribution >= 0.6 is 11.6 Å². The maximum Gasteiger partial charge on any atom is 0.344 e. The van der Waals surface area contributed by atoms with Gasteiger partial charge < -0.3 is 9.72 Å². The molecule has 0 saturated carbocycles. The number of halogens is 3. The van der Waals surface area contributed by atoms with Crippen LogP contribution in [0.2, 0.25) is 5.02 Å². The van der Waals surface area contributed by atoms with Gasteiger partial charge in [0.2, 0.25) is 5.43 Å². The second-order valence-corrected chi connectivity index (χ2v) is 5.45. The number of fused-ring (bicyclic) bond motifs is 1. The smallest absolute Gasteiger partial charge is 0.344 e. The van der Waals surface area contributed by atoms with E-state index in [-0.39, 0.29) is 22.2 Å². The first-order valence-corrected chi connectivity index (χ1v) is 7.19. The fourth-order valence-electron chi connectivity index (χ4n) is 2.43. The molecule has 7 heteroatoms. The minimum Gasteiger partial charge on any atom is -0.465 e. The molecule has 0 aliphatic heterocycles. The molecule has 1 heterocycles. The third-order valence-electron chi connectivity index (χ3n) is 3.56. The molecule has 1 N–H and O–H groups in total. The molecule has 0 unspecified atom stereocenters. The molecule has 2 aromatic carbocycles. The molecule has 3 aromatic rings. The Labute approximate surface area is 139 Å². The zero-order chi connectivity index (χ0) is 17.4. The van der Waals surface area contributed by atoms with E-state index in [4.69, 9.17) is 11.6 Å². The van der Waals surface area contributed by atoms with Gasteiger partial charge in [0.1, 0.15) is 5.56 Å². The van der Waals surface area contributed by atoms with E-state index in [1.807, 2.05) is 0 Å². The van der Waals surface area contributed by atoms with E-state index < -0.39 is 23.0 Å². The van der Waals surface area contributed by atoms with Crippen LogP contribution < -0.4 is 5.43 Å². The number of esters is 1. The predicted molar refractivity (Wildman–Crippen MR) is 86.3 cm³/mol. The van der Waals surface area contributed by atoms with E-state index in [1.165, 1.54) is 24.3 Å². The maximum absolute atomic E-state index is 13.6. The number of pyridine rings is 1. The van der Waals surface area contributed by atoms with Crippen LogP contribution in [0, 0.1) is 11.6 Å². The lowest BCUT2D eigenvalue weighted by Crippen LogP contribution is -2.19. The van der Waals surface area contributed by atoms with Gasteiger partial charge in [-0.2, -0.15) is 0 Å². The fourth-order valence-corrected chi connectivity index (χ4v) is 2.60. The summed E-state index contributed by atoms with van der Waals surface area (Å²) in [6.07, 6.45) is 0. The average Bonchev–Trinajstić information content (AvgIpc) is 2.56. The molecule has 0 radical (unpaired) electrons. The van der Waals surface area contributed by atoms with Crippen molar-refractivity contribution < 1.29 is 18.3 Å². The Morgan fingerprint density at radius 1 is 1.12 bits per heavy atom. The zero-order valence-electron chi connectivity index (χ0n) is 12.3. The number of H-pyrrole nitrogens is 1. The van der Waals surface area contributed by atoms with Crippen molar-refractivity contribution in [2.24, 2.45) is 0 Å². The third-order valence-corrected chi connectivity index (χ3v) is 3.80. The van der Waals surface area contributed by atoms with E-state index in [2.05, 4.69) is 9.72 Å². The Hall–Kier alpha value is -2.73. The predicted octanol–water partition coefficient (Wildman–Crippen LogP) is 3.91. The lowest BCUT2D eigenvalue weighted by molar-refractivity contribution is 0.0600. The summed E-state index contributed by atoms with van der Waals surface area (Å²) in [5.74, 6) is -3.02. The average molecular weight is 350 g/mol. The Morgan fingerprint density at radius 2 is 1.88 bits per heavy atom. The van der Waals surface area contributed by atoms with Gasteiger partial charge in [-0.3, -0.25) is 4.79 Å². The summed E-state index contributed by atoms with van der Waals surface area (Å²) in [4.78, 5) is 27.6. The summed E-state index contributed by atoms with van der Waals surface area (Å²) < 4.78 is 31.4. The molecule has 0 saturated heterocycles. The van der Waals surface area contributed by atoms with E-state index in [0.29, 0.717) is 10.5 Å². The van der Waals surface area contributed by atoms with E-state index in [0.717, 1.165) is 19.2 Å². The van der Waals surface area contributed by atoms with Gasteiger partial charge in [0.25, 0.3) is 0 Å². The van der Waals surface area contributed by atoms with Crippen LogP contribution in [0.4, 0.5) is 8.78 Å². The van der Waals surface area contributed by atoms with Gasteiger partial charge in [0.05, 0.1) is 18.3 Å². The first-order chi connectivity index (χ1) is 11.4. The largest absolute Gasteiger partial charge is 0.465 e. The van der Waals surface area contributed by atoms with Crippen molar-refractivity contribution in [2.45, 2.75) is 0 Å². The number of benzene rings is 2. The van der Waals surface area contributed by atoms with Gasteiger partial charge in [0.15, 0.2) is 11.6 Å². The molecule has 122 valence electrons. The van der Waals surface area contributed by atoms with Crippen LogP contribution in [0.15, 0.2) is 41.2 Å². The number of rotatable bonds is 2. The second kappa shape index (κ2) is 6.05. The SMILES string of the molecule is COC(=O)c1c(-c2ccc(F)c(F)c2)[nH]c2cc(Cl)ccc2c1=O. The topological polar surface area (TPSA) is 59.2 Å². The highest BCUT2D eigenvalue weighted by atomic mass is 35.5. The van der Waals surface area contributed by atoms with E-state index in [9.17, 15) is 18.4 Å². The molecule has 0 fully saturated rings. The van der Waals surface area contributed by atoms with Gasteiger partial charge in [-0.15, -0.1) is 0 Å². The van der Waals surface area contributed by atoms with Crippen molar-refractivity contribution in [1.29, 1.82) is 0 Å². The van der Waals surface area contributed by atoms with Crippen LogP contribution in [0.1, 0.15) is 10.4 Å². The summed E-state index contributed by atoms with van der Waals surface area (Å²) in [6, 6.07) is 7.54. The number of hydrogen-bond donors (Lipinski definition) is 1. The highest BCUT2D eigenvalue weighted by molar-refractivity contribution is 6.31. The minimum atomic E-state index is -1.10. The number of aromatic amines is 1. The van der Waals surface area contributed by atoms with Crippen molar-refractivity contribution >= 4 is 28.5 Å². The first-order valence-electron chi connectivity index (χ1n) is 6.81. The molecule has 0 spiro atoms. The quantitative estimate of drug-likeness (QED) is 0.713. The molecule has 0 bridgehead atoms. The van der Waals surface area contributed by atoms with Crippen LogP contribution in [-0.2, 0) is 4.74 Å². The molecule has 0 atom stereocenters. The maximum atomic E-state index is 13.6. The number of hydrogen-bond acceptors (Lipinski definition) is 3.